The zero-order valence-corrected chi connectivity index (χ0v) is 10.1. The van der Waals surface area contributed by atoms with Gasteiger partial charge in [0.25, 0.3) is 0 Å². The van der Waals surface area contributed by atoms with Gasteiger partial charge in [-0.25, -0.2) is 4.98 Å². The minimum Gasteiger partial charge on any atom is -0.369 e. The molecule has 88 valence electrons. The molecule has 0 aliphatic heterocycles. The van der Waals surface area contributed by atoms with E-state index in [4.69, 9.17) is 5.73 Å². The summed E-state index contributed by atoms with van der Waals surface area (Å²) in [6.45, 7) is 5.32. The van der Waals surface area contributed by atoms with Crippen molar-refractivity contribution in [3.8, 4) is 0 Å². The van der Waals surface area contributed by atoms with E-state index < -0.39 is 0 Å². The number of nitrogen functional groups attached to an aromatic ring is 1. The Morgan fingerprint density at radius 1 is 1.44 bits per heavy atom. The molecule has 0 saturated heterocycles. The second-order valence-electron chi connectivity index (χ2n) is 5.13. The van der Waals surface area contributed by atoms with Gasteiger partial charge in [0.1, 0.15) is 5.82 Å². The molecule has 0 bridgehead atoms. The third-order valence-corrected chi connectivity index (χ3v) is 3.48. The zero-order chi connectivity index (χ0) is 11.6. The summed E-state index contributed by atoms with van der Waals surface area (Å²) in [5, 5.41) is 3.41. The van der Waals surface area contributed by atoms with E-state index in [2.05, 4.69) is 22.2 Å². The maximum absolute atomic E-state index is 5.58. The standard InChI is InChI=1S/C12H20N4/c1-9-7-14-11(13)16-10(9)15-8-12(2)5-3-4-6-12/h7H,3-6,8H2,1-2H3,(H3,13,14,15,16). The van der Waals surface area contributed by atoms with Gasteiger partial charge in [-0.3, -0.25) is 0 Å². The highest BCUT2D eigenvalue weighted by Crippen LogP contribution is 2.37. The van der Waals surface area contributed by atoms with Crippen LogP contribution in [0.3, 0.4) is 0 Å². The van der Waals surface area contributed by atoms with Gasteiger partial charge in [-0.15, -0.1) is 0 Å². The molecule has 0 aromatic carbocycles. The van der Waals surface area contributed by atoms with Gasteiger partial charge in [-0.1, -0.05) is 19.8 Å². The monoisotopic (exact) mass is 220 g/mol. The fourth-order valence-corrected chi connectivity index (χ4v) is 2.34. The minimum absolute atomic E-state index is 0.338. The van der Waals surface area contributed by atoms with E-state index in [1.165, 1.54) is 25.7 Å². The Labute approximate surface area is 96.7 Å². The number of aryl methyl sites for hydroxylation is 1. The first-order chi connectivity index (χ1) is 7.59. The van der Waals surface area contributed by atoms with Crippen molar-refractivity contribution in [3.05, 3.63) is 11.8 Å². The van der Waals surface area contributed by atoms with Crippen LogP contribution in [0.2, 0.25) is 0 Å². The van der Waals surface area contributed by atoms with Crippen LogP contribution in [0.1, 0.15) is 38.2 Å². The molecule has 16 heavy (non-hydrogen) atoms. The molecule has 2 rings (SSSR count). The summed E-state index contributed by atoms with van der Waals surface area (Å²) < 4.78 is 0. The lowest BCUT2D eigenvalue weighted by Gasteiger charge is -2.24. The van der Waals surface area contributed by atoms with E-state index in [1.807, 2.05) is 6.92 Å². The predicted octanol–water partition coefficient (Wildman–Crippen LogP) is 2.36. The molecular weight excluding hydrogens is 200 g/mol. The number of rotatable bonds is 3. The zero-order valence-electron chi connectivity index (χ0n) is 10.1. The molecule has 1 aliphatic rings. The average Bonchev–Trinajstić information content (AvgIpc) is 2.67. The molecule has 1 aliphatic carbocycles. The van der Waals surface area contributed by atoms with E-state index in [0.717, 1.165) is 17.9 Å². The first-order valence-corrected chi connectivity index (χ1v) is 5.92. The highest BCUT2D eigenvalue weighted by atomic mass is 15.1. The molecular formula is C12H20N4. The Morgan fingerprint density at radius 3 is 2.81 bits per heavy atom. The molecule has 4 heteroatoms. The topological polar surface area (TPSA) is 63.8 Å². The Bertz CT molecular complexity index is 369. The van der Waals surface area contributed by atoms with Crippen LogP contribution >= 0.6 is 0 Å². The Hall–Kier alpha value is -1.32. The Balaban J connectivity index is 2.01. The smallest absolute Gasteiger partial charge is 0.221 e. The van der Waals surface area contributed by atoms with E-state index in [9.17, 15) is 0 Å². The number of aromatic nitrogens is 2. The van der Waals surface area contributed by atoms with Gasteiger partial charge < -0.3 is 11.1 Å². The first kappa shape index (κ1) is 11.2. The van der Waals surface area contributed by atoms with Gasteiger partial charge in [0, 0.05) is 18.3 Å². The van der Waals surface area contributed by atoms with Crippen LogP contribution in [-0.2, 0) is 0 Å². The number of nitrogens with zero attached hydrogens (tertiary/aromatic N) is 2. The summed E-state index contributed by atoms with van der Waals surface area (Å²) in [4.78, 5) is 8.18. The molecule has 0 amide bonds. The quantitative estimate of drug-likeness (QED) is 0.820. The van der Waals surface area contributed by atoms with Gasteiger partial charge in [0.15, 0.2) is 0 Å². The Kier molecular flexibility index (Phi) is 2.99. The maximum atomic E-state index is 5.58. The normalized spacial score (nSPS) is 18.6. The first-order valence-electron chi connectivity index (χ1n) is 5.92. The van der Waals surface area contributed by atoms with Crippen LogP contribution in [0.5, 0.6) is 0 Å². The van der Waals surface area contributed by atoms with E-state index >= 15 is 0 Å². The van der Waals surface area contributed by atoms with Gasteiger partial charge in [0.05, 0.1) is 0 Å². The number of nitrogens with two attached hydrogens (primary N) is 1. The lowest BCUT2D eigenvalue weighted by Crippen LogP contribution is -2.24. The summed E-state index contributed by atoms with van der Waals surface area (Å²) in [6.07, 6.45) is 7.08. The highest BCUT2D eigenvalue weighted by Gasteiger charge is 2.28. The number of hydrogen-bond acceptors (Lipinski definition) is 4. The molecule has 1 fully saturated rings. The summed E-state index contributed by atoms with van der Waals surface area (Å²) in [5.41, 5.74) is 7.06. The lowest BCUT2D eigenvalue weighted by atomic mass is 9.89. The van der Waals surface area contributed by atoms with Crippen LogP contribution in [-0.4, -0.2) is 16.5 Å². The van der Waals surface area contributed by atoms with Crippen molar-refractivity contribution in [2.45, 2.75) is 39.5 Å². The molecule has 0 radical (unpaired) electrons. The molecule has 1 saturated carbocycles. The predicted molar refractivity (Wildman–Crippen MR) is 66.2 cm³/mol. The molecule has 1 aromatic rings. The Morgan fingerprint density at radius 2 is 2.12 bits per heavy atom. The lowest BCUT2D eigenvalue weighted by molar-refractivity contribution is 0.361. The largest absolute Gasteiger partial charge is 0.369 e. The second kappa shape index (κ2) is 4.28. The highest BCUT2D eigenvalue weighted by molar-refractivity contribution is 5.45. The van der Waals surface area contributed by atoms with E-state index in [0.29, 0.717) is 11.4 Å². The molecule has 0 spiro atoms. The third kappa shape index (κ3) is 2.43. The van der Waals surface area contributed by atoms with Gasteiger partial charge in [-0.2, -0.15) is 4.98 Å². The maximum Gasteiger partial charge on any atom is 0.221 e. The molecule has 1 aromatic heterocycles. The van der Waals surface area contributed by atoms with Gasteiger partial charge in [-0.05, 0) is 25.2 Å². The average molecular weight is 220 g/mol. The van der Waals surface area contributed by atoms with Crippen molar-refractivity contribution >= 4 is 11.8 Å². The second-order valence-corrected chi connectivity index (χ2v) is 5.13. The molecule has 0 atom stereocenters. The summed E-state index contributed by atoms with van der Waals surface area (Å²) in [6, 6.07) is 0. The van der Waals surface area contributed by atoms with Crippen molar-refractivity contribution in [1.82, 2.24) is 9.97 Å². The molecule has 0 unspecified atom stereocenters. The number of nitrogens with one attached hydrogen (secondary N) is 1. The van der Waals surface area contributed by atoms with Crippen molar-refractivity contribution in [1.29, 1.82) is 0 Å². The van der Waals surface area contributed by atoms with Crippen LogP contribution in [0.25, 0.3) is 0 Å². The van der Waals surface area contributed by atoms with Crippen molar-refractivity contribution in [2.75, 3.05) is 17.6 Å². The van der Waals surface area contributed by atoms with Crippen molar-refractivity contribution in [2.24, 2.45) is 5.41 Å². The van der Waals surface area contributed by atoms with Crippen LogP contribution in [0, 0.1) is 12.3 Å². The SMILES string of the molecule is Cc1cnc(N)nc1NCC1(C)CCCC1. The molecule has 3 N–H and O–H groups in total. The fraction of sp³-hybridized carbons (Fsp3) is 0.667. The summed E-state index contributed by atoms with van der Waals surface area (Å²) in [5.74, 6) is 1.21. The van der Waals surface area contributed by atoms with Crippen LogP contribution in [0.15, 0.2) is 6.20 Å². The fourth-order valence-electron chi connectivity index (χ4n) is 2.34. The van der Waals surface area contributed by atoms with Crippen molar-refractivity contribution < 1.29 is 0 Å². The molecule has 1 heterocycles. The number of hydrogen-bond donors (Lipinski definition) is 2. The number of anilines is 2. The van der Waals surface area contributed by atoms with Crippen LogP contribution < -0.4 is 11.1 Å². The van der Waals surface area contributed by atoms with Gasteiger partial charge in [0.2, 0.25) is 5.95 Å². The van der Waals surface area contributed by atoms with E-state index in [1.54, 1.807) is 6.20 Å². The van der Waals surface area contributed by atoms with Gasteiger partial charge >= 0.3 is 0 Å². The molecule has 4 nitrogen and oxygen atoms in total. The minimum atomic E-state index is 0.338. The van der Waals surface area contributed by atoms with E-state index in [-0.39, 0.29) is 0 Å². The van der Waals surface area contributed by atoms with Crippen molar-refractivity contribution in [3.63, 3.8) is 0 Å². The summed E-state index contributed by atoms with van der Waals surface area (Å²) >= 11 is 0. The van der Waals surface area contributed by atoms with Crippen LogP contribution in [0.4, 0.5) is 11.8 Å². The third-order valence-electron chi connectivity index (χ3n) is 3.48. The summed E-state index contributed by atoms with van der Waals surface area (Å²) in [7, 11) is 0.